The number of benzene rings is 1. The standard InChI is InChI=1S/C20H23NO4S/c1-13(15-6-4-3-5-7-15)21-18(22)17(26-20(21)24)12-14-8-10-16(11-9-14)19(23)25-2/h8-13,15H,3-7H2,1-2H3/b17-12-. The molecule has 0 radical (unpaired) electrons. The lowest BCUT2D eigenvalue weighted by molar-refractivity contribution is -0.125. The van der Waals surface area contributed by atoms with Gasteiger partial charge in [-0.2, -0.15) is 0 Å². The van der Waals surface area contributed by atoms with Gasteiger partial charge in [0.05, 0.1) is 17.6 Å². The highest BCUT2D eigenvalue weighted by molar-refractivity contribution is 8.18. The number of rotatable bonds is 4. The lowest BCUT2D eigenvalue weighted by Gasteiger charge is -2.32. The second kappa shape index (κ2) is 8.08. The molecule has 1 saturated carbocycles. The van der Waals surface area contributed by atoms with E-state index in [0.717, 1.165) is 30.2 Å². The molecule has 1 atom stereocenters. The van der Waals surface area contributed by atoms with Gasteiger partial charge in [0, 0.05) is 6.04 Å². The Morgan fingerprint density at radius 2 is 1.85 bits per heavy atom. The smallest absolute Gasteiger partial charge is 0.337 e. The van der Waals surface area contributed by atoms with E-state index in [1.54, 1.807) is 30.3 Å². The number of methoxy groups -OCH3 is 1. The molecular weight excluding hydrogens is 350 g/mol. The summed E-state index contributed by atoms with van der Waals surface area (Å²) in [5, 5.41) is -0.189. The van der Waals surface area contributed by atoms with Gasteiger partial charge >= 0.3 is 5.97 Å². The Bertz CT molecular complexity index is 735. The van der Waals surface area contributed by atoms with Crippen LogP contribution in [0.4, 0.5) is 4.79 Å². The number of ether oxygens (including phenoxy) is 1. The first kappa shape index (κ1) is 18.7. The minimum Gasteiger partial charge on any atom is -0.465 e. The Kier molecular flexibility index (Phi) is 5.81. The third kappa shape index (κ3) is 3.85. The topological polar surface area (TPSA) is 63.7 Å². The van der Waals surface area contributed by atoms with Crippen molar-refractivity contribution in [1.82, 2.24) is 4.90 Å². The maximum absolute atomic E-state index is 12.8. The first-order chi connectivity index (χ1) is 12.5. The van der Waals surface area contributed by atoms with E-state index in [-0.39, 0.29) is 17.2 Å². The van der Waals surface area contributed by atoms with Crippen LogP contribution in [0.15, 0.2) is 29.2 Å². The quantitative estimate of drug-likeness (QED) is 0.575. The maximum atomic E-state index is 12.8. The van der Waals surface area contributed by atoms with Crippen molar-refractivity contribution in [2.24, 2.45) is 5.92 Å². The fourth-order valence-corrected chi connectivity index (χ4v) is 4.56. The van der Waals surface area contributed by atoms with Crippen molar-refractivity contribution >= 4 is 35.0 Å². The summed E-state index contributed by atoms with van der Waals surface area (Å²) < 4.78 is 4.67. The zero-order valence-electron chi connectivity index (χ0n) is 15.1. The zero-order valence-corrected chi connectivity index (χ0v) is 15.9. The number of hydrogen-bond acceptors (Lipinski definition) is 5. The average Bonchev–Trinajstić information content (AvgIpc) is 2.95. The molecule has 1 aliphatic heterocycles. The van der Waals surface area contributed by atoms with Crippen molar-refractivity contribution in [2.45, 2.75) is 45.1 Å². The van der Waals surface area contributed by atoms with E-state index in [4.69, 9.17) is 0 Å². The average molecular weight is 373 g/mol. The molecular formula is C20H23NO4S. The molecule has 1 aliphatic carbocycles. The summed E-state index contributed by atoms with van der Waals surface area (Å²) in [7, 11) is 1.33. The summed E-state index contributed by atoms with van der Waals surface area (Å²) in [5.74, 6) is -0.218. The minimum absolute atomic E-state index is 0.0598. The van der Waals surface area contributed by atoms with Gasteiger partial charge in [0.1, 0.15) is 0 Å². The molecule has 1 saturated heterocycles. The van der Waals surface area contributed by atoms with Gasteiger partial charge in [-0.1, -0.05) is 31.4 Å². The molecule has 3 rings (SSSR count). The van der Waals surface area contributed by atoms with Crippen LogP contribution in [0, 0.1) is 5.92 Å². The third-order valence-electron chi connectivity index (χ3n) is 5.19. The SMILES string of the molecule is COC(=O)c1ccc(/C=C2\SC(=O)N(C(C)C3CCCCC3)C2=O)cc1. The summed E-state index contributed by atoms with van der Waals surface area (Å²) in [5.41, 5.74) is 1.22. The normalized spacial score (nSPS) is 21.3. The predicted octanol–water partition coefficient (Wildman–Crippen LogP) is 4.48. The van der Waals surface area contributed by atoms with Crippen LogP contribution in [0.2, 0.25) is 0 Å². The summed E-state index contributed by atoms with van der Waals surface area (Å²) >= 11 is 0.991. The highest BCUT2D eigenvalue weighted by atomic mass is 32.2. The Balaban J connectivity index is 1.75. The van der Waals surface area contributed by atoms with Gasteiger partial charge in [-0.05, 0) is 61.2 Å². The van der Waals surface area contributed by atoms with Crippen molar-refractivity contribution in [3.63, 3.8) is 0 Å². The molecule has 138 valence electrons. The molecule has 0 bridgehead atoms. The Labute approximate surface area is 157 Å². The molecule has 2 fully saturated rings. The molecule has 1 aromatic rings. The maximum Gasteiger partial charge on any atom is 0.337 e. The van der Waals surface area contributed by atoms with Crippen molar-refractivity contribution in [2.75, 3.05) is 7.11 Å². The van der Waals surface area contributed by atoms with Crippen LogP contribution < -0.4 is 0 Å². The molecule has 5 nitrogen and oxygen atoms in total. The Morgan fingerprint density at radius 3 is 2.46 bits per heavy atom. The van der Waals surface area contributed by atoms with Gasteiger partial charge in [-0.15, -0.1) is 0 Å². The Hall–Kier alpha value is -2.08. The number of imide groups is 1. The molecule has 1 unspecified atom stereocenters. The summed E-state index contributed by atoms with van der Waals surface area (Å²) in [4.78, 5) is 38.5. The lowest BCUT2D eigenvalue weighted by Crippen LogP contribution is -2.42. The van der Waals surface area contributed by atoms with E-state index in [0.29, 0.717) is 16.4 Å². The van der Waals surface area contributed by atoms with Crippen molar-refractivity contribution in [3.05, 3.63) is 40.3 Å². The van der Waals surface area contributed by atoms with E-state index < -0.39 is 5.97 Å². The molecule has 26 heavy (non-hydrogen) atoms. The highest BCUT2D eigenvalue weighted by Gasteiger charge is 2.40. The van der Waals surface area contributed by atoms with Crippen LogP contribution >= 0.6 is 11.8 Å². The monoisotopic (exact) mass is 373 g/mol. The lowest BCUT2D eigenvalue weighted by atomic mass is 9.84. The van der Waals surface area contributed by atoms with Gasteiger partial charge in [0.2, 0.25) is 0 Å². The number of nitrogens with zero attached hydrogens (tertiary/aromatic N) is 1. The highest BCUT2D eigenvalue weighted by Crippen LogP contribution is 2.38. The van der Waals surface area contributed by atoms with Crippen LogP contribution in [0.1, 0.15) is 54.9 Å². The van der Waals surface area contributed by atoms with Crippen LogP contribution in [-0.2, 0) is 9.53 Å². The van der Waals surface area contributed by atoms with Crippen LogP contribution in [0.5, 0.6) is 0 Å². The molecule has 0 N–H and O–H groups in total. The van der Waals surface area contributed by atoms with Gasteiger partial charge in [-0.3, -0.25) is 14.5 Å². The second-order valence-electron chi connectivity index (χ2n) is 6.80. The van der Waals surface area contributed by atoms with E-state index in [1.165, 1.54) is 31.3 Å². The first-order valence-corrected chi connectivity index (χ1v) is 9.78. The molecule has 2 amide bonds. The molecule has 0 aromatic heterocycles. The van der Waals surface area contributed by atoms with Gasteiger partial charge in [-0.25, -0.2) is 4.79 Å². The third-order valence-corrected chi connectivity index (χ3v) is 6.08. The second-order valence-corrected chi connectivity index (χ2v) is 7.80. The number of esters is 1. The van der Waals surface area contributed by atoms with Crippen molar-refractivity contribution in [3.8, 4) is 0 Å². The summed E-state index contributed by atoms with van der Waals surface area (Å²) in [6, 6.07) is 6.71. The minimum atomic E-state index is -0.404. The van der Waals surface area contributed by atoms with Crippen molar-refractivity contribution < 1.29 is 19.1 Å². The van der Waals surface area contributed by atoms with Crippen LogP contribution in [0.25, 0.3) is 6.08 Å². The number of hydrogen-bond donors (Lipinski definition) is 0. The van der Waals surface area contributed by atoms with Gasteiger partial charge in [0.15, 0.2) is 0 Å². The number of amides is 2. The largest absolute Gasteiger partial charge is 0.465 e. The molecule has 1 heterocycles. The van der Waals surface area contributed by atoms with E-state index >= 15 is 0 Å². The molecule has 2 aliphatic rings. The number of carbonyl (C=O) groups is 3. The number of carbonyl (C=O) groups excluding carboxylic acids is 3. The summed E-state index contributed by atoms with van der Waals surface area (Å²) in [6.45, 7) is 1.99. The fraction of sp³-hybridized carbons (Fsp3) is 0.450. The zero-order chi connectivity index (χ0) is 18.7. The van der Waals surface area contributed by atoms with Crippen molar-refractivity contribution in [1.29, 1.82) is 0 Å². The molecule has 0 spiro atoms. The van der Waals surface area contributed by atoms with E-state index in [2.05, 4.69) is 4.74 Å². The van der Waals surface area contributed by atoms with E-state index in [1.807, 2.05) is 6.92 Å². The van der Waals surface area contributed by atoms with Crippen LogP contribution in [-0.4, -0.2) is 35.2 Å². The Morgan fingerprint density at radius 1 is 1.19 bits per heavy atom. The van der Waals surface area contributed by atoms with Gasteiger partial charge in [0.25, 0.3) is 11.1 Å². The molecule has 1 aromatic carbocycles. The van der Waals surface area contributed by atoms with Crippen LogP contribution in [0.3, 0.4) is 0 Å². The number of thioether (sulfide) groups is 1. The van der Waals surface area contributed by atoms with E-state index in [9.17, 15) is 14.4 Å². The first-order valence-electron chi connectivity index (χ1n) is 8.96. The predicted molar refractivity (Wildman–Crippen MR) is 102 cm³/mol. The molecule has 6 heteroatoms. The van der Waals surface area contributed by atoms with Gasteiger partial charge < -0.3 is 4.74 Å². The fourth-order valence-electron chi connectivity index (χ4n) is 3.64. The summed E-state index contributed by atoms with van der Waals surface area (Å²) in [6.07, 6.45) is 7.46.